The quantitative estimate of drug-likeness (QED) is 0.787. The number of likely N-dealkylation sites (tertiary alicyclic amines) is 1. The molecule has 0 spiro atoms. The summed E-state index contributed by atoms with van der Waals surface area (Å²) in [6, 6.07) is 8.10. The van der Waals surface area contributed by atoms with E-state index in [0.717, 1.165) is 54.2 Å². The molecule has 2 aromatic rings. The molecule has 0 N–H and O–H groups in total. The molecule has 4 rings (SSSR count). The minimum Gasteiger partial charge on any atom is -0.497 e. The van der Waals surface area contributed by atoms with E-state index in [-0.39, 0.29) is 11.9 Å². The average molecular weight is 372 g/mol. The van der Waals surface area contributed by atoms with E-state index in [1.54, 1.807) is 25.6 Å². The molecule has 1 aromatic heterocycles. The molecule has 1 aliphatic heterocycles. The Morgan fingerprint density at radius 3 is 2.73 bits per heavy atom. The maximum Gasteiger partial charge on any atom is 0.264 e. The van der Waals surface area contributed by atoms with Crippen LogP contribution in [0.5, 0.6) is 11.5 Å². The number of aryl methyl sites for hydroxylation is 2. The molecule has 1 atom stereocenters. The average Bonchev–Trinajstić information content (AvgIpc) is 3.33. The molecule has 1 aromatic carbocycles. The number of benzene rings is 1. The van der Waals surface area contributed by atoms with E-state index in [2.05, 4.69) is 6.07 Å². The second kappa shape index (κ2) is 7.31. The van der Waals surface area contributed by atoms with Crippen molar-refractivity contribution in [3.8, 4) is 11.5 Å². The van der Waals surface area contributed by atoms with Crippen molar-refractivity contribution >= 4 is 17.2 Å². The lowest BCUT2D eigenvalue weighted by Gasteiger charge is -2.26. The van der Waals surface area contributed by atoms with Crippen LogP contribution in [0, 0.1) is 0 Å². The molecule has 0 unspecified atom stereocenters. The van der Waals surface area contributed by atoms with Gasteiger partial charge in [0.2, 0.25) is 0 Å². The van der Waals surface area contributed by atoms with Gasteiger partial charge in [0.05, 0.1) is 25.1 Å². The van der Waals surface area contributed by atoms with Gasteiger partial charge in [-0.05, 0) is 62.3 Å². The molecule has 1 fully saturated rings. The number of methoxy groups -OCH3 is 2. The predicted octanol–water partition coefficient (Wildman–Crippen LogP) is 4.62. The second-order valence-corrected chi connectivity index (χ2v) is 8.17. The summed E-state index contributed by atoms with van der Waals surface area (Å²) in [5.74, 6) is 1.73. The molecule has 0 saturated carbocycles. The van der Waals surface area contributed by atoms with Crippen molar-refractivity contribution in [2.75, 3.05) is 20.8 Å². The monoisotopic (exact) mass is 371 g/mol. The topological polar surface area (TPSA) is 38.8 Å². The van der Waals surface area contributed by atoms with Crippen molar-refractivity contribution in [1.29, 1.82) is 0 Å². The minimum absolute atomic E-state index is 0.0717. The first-order valence-electron chi connectivity index (χ1n) is 9.35. The first-order chi connectivity index (χ1) is 12.7. The summed E-state index contributed by atoms with van der Waals surface area (Å²) in [6.07, 6.45) is 6.73. The van der Waals surface area contributed by atoms with Crippen LogP contribution >= 0.6 is 11.3 Å². The van der Waals surface area contributed by atoms with E-state index in [0.29, 0.717) is 0 Å². The van der Waals surface area contributed by atoms with Crippen LogP contribution in [0.4, 0.5) is 0 Å². The third kappa shape index (κ3) is 3.09. The van der Waals surface area contributed by atoms with E-state index in [1.165, 1.54) is 23.3 Å². The number of nitrogens with zero attached hydrogens (tertiary/aromatic N) is 1. The highest BCUT2D eigenvalue weighted by atomic mass is 32.1. The highest BCUT2D eigenvalue weighted by molar-refractivity contribution is 7.14. The van der Waals surface area contributed by atoms with Crippen LogP contribution in [0.15, 0.2) is 24.3 Å². The number of hydrogen-bond donors (Lipinski definition) is 0. The largest absolute Gasteiger partial charge is 0.497 e. The summed E-state index contributed by atoms with van der Waals surface area (Å²) in [6.45, 7) is 0.807. The highest BCUT2D eigenvalue weighted by Crippen LogP contribution is 2.40. The summed E-state index contributed by atoms with van der Waals surface area (Å²) in [5.41, 5.74) is 2.46. The first kappa shape index (κ1) is 17.4. The van der Waals surface area contributed by atoms with E-state index in [1.807, 2.05) is 23.1 Å². The van der Waals surface area contributed by atoms with Gasteiger partial charge in [-0.1, -0.05) is 0 Å². The highest BCUT2D eigenvalue weighted by Gasteiger charge is 2.33. The molecular formula is C21H25NO3S. The van der Waals surface area contributed by atoms with Gasteiger partial charge in [-0.3, -0.25) is 4.79 Å². The van der Waals surface area contributed by atoms with E-state index >= 15 is 0 Å². The molecule has 2 heterocycles. The summed E-state index contributed by atoms with van der Waals surface area (Å²) in [5, 5.41) is 0. The lowest BCUT2D eigenvalue weighted by Crippen LogP contribution is -2.30. The Morgan fingerprint density at radius 1 is 1.12 bits per heavy atom. The van der Waals surface area contributed by atoms with Gasteiger partial charge in [0.15, 0.2) is 0 Å². The lowest BCUT2D eigenvalue weighted by atomic mass is 9.99. The molecule has 138 valence electrons. The van der Waals surface area contributed by atoms with Crippen molar-refractivity contribution in [2.24, 2.45) is 0 Å². The number of rotatable bonds is 4. The Hall–Kier alpha value is -2.01. The van der Waals surface area contributed by atoms with Gasteiger partial charge >= 0.3 is 0 Å². The zero-order valence-corrected chi connectivity index (χ0v) is 16.2. The Morgan fingerprint density at radius 2 is 1.96 bits per heavy atom. The molecule has 2 aliphatic rings. The van der Waals surface area contributed by atoms with E-state index in [9.17, 15) is 4.79 Å². The summed E-state index contributed by atoms with van der Waals surface area (Å²) in [7, 11) is 3.32. The third-order valence-electron chi connectivity index (χ3n) is 5.52. The molecule has 1 aliphatic carbocycles. The van der Waals surface area contributed by atoms with Crippen LogP contribution in [-0.2, 0) is 12.8 Å². The molecular weight excluding hydrogens is 346 g/mol. The Balaban J connectivity index is 1.62. The van der Waals surface area contributed by atoms with Crippen molar-refractivity contribution in [3.05, 3.63) is 45.1 Å². The minimum atomic E-state index is 0.0717. The maximum atomic E-state index is 13.2. The Kier molecular flexibility index (Phi) is 4.90. The van der Waals surface area contributed by atoms with Crippen LogP contribution in [0.3, 0.4) is 0 Å². The Bertz CT molecular complexity index is 790. The van der Waals surface area contributed by atoms with Gasteiger partial charge in [-0.25, -0.2) is 0 Å². The van der Waals surface area contributed by atoms with Gasteiger partial charge in [-0.15, -0.1) is 11.3 Å². The van der Waals surface area contributed by atoms with Gasteiger partial charge in [0.25, 0.3) is 5.91 Å². The van der Waals surface area contributed by atoms with Gasteiger partial charge in [-0.2, -0.15) is 0 Å². The van der Waals surface area contributed by atoms with Crippen molar-refractivity contribution < 1.29 is 14.3 Å². The second-order valence-electron chi connectivity index (χ2n) is 7.03. The number of thiophene rings is 1. The van der Waals surface area contributed by atoms with Gasteiger partial charge < -0.3 is 14.4 Å². The summed E-state index contributed by atoms with van der Waals surface area (Å²) in [4.78, 5) is 17.6. The first-order valence-corrected chi connectivity index (χ1v) is 10.2. The summed E-state index contributed by atoms with van der Waals surface area (Å²) < 4.78 is 10.9. The Labute approximate surface area is 158 Å². The number of amides is 1. The summed E-state index contributed by atoms with van der Waals surface area (Å²) >= 11 is 1.70. The van der Waals surface area contributed by atoms with Crippen molar-refractivity contribution in [1.82, 2.24) is 4.90 Å². The number of hydrogen-bond acceptors (Lipinski definition) is 4. The van der Waals surface area contributed by atoms with Crippen LogP contribution in [-0.4, -0.2) is 31.6 Å². The van der Waals surface area contributed by atoms with Crippen molar-refractivity contribution in [3.63, 3.8) is 0 Å². The number of carbonyl (C=O) groups is 1. The molecule has 26 heavy (non-hydrogen) atoms. The fraction of sp³-hybridized carbons (Fsp3) is 0.476. The molecule has 5 heteroatoms. The molecule has 0 bridgehead atoms. The molecule has 0 radical (unpaired) electrons. The van der Waals surface area contributed by atoms with Crippen LogP contribution in [0.2, 0.25) is 0 Å². The smallest absolute Gasteiger partial charge is 0.264 e. The maximum absolute atomic E-state index is 13.2. The number of fused-ring (bicyclic) bond motifs is 1. The SMILES string of the molecule is COc1ccc([C@@H]2CCCN2C(=O)c2cc3c(s2)CCCC3)c(OC)c1. The molecule has 1 amide bonds. The van der Waals surface area contributed by atoms with E-state index in [4.69, 9.17) is 9.47 Å². The number of carbonyl (C=O) groups excluding carboxylic acids is 1. The standard InChI is InChI=1S/C21H25NO3S/c1-24-15-9-10-16(18(13-15)25-2)17-7-5-11-22(17)21(23)20-12-14-6-3-4-8-19(14)26-20/h9-10,12-13,17H,3-8,11H2,1-2H3/t17-/m0/s1. The normalized spacial score (nSPS) is 19.3. The zero-order chi connectivity index (χ0) is 18.1. The molecule has 4 nitrogen and oxygen atoms in total. The number of ether oxygens (including phenoxy) is 2. The van der Waals surface area contributed by atoms with Crippen LogP contribution < -0.4 is 9.47 Å². The van der Waals surface area contributed by atoms with Gasteiger partial charge in [0.1, 0.15) is 11.5 Å². The van der Waals surface area contributed by atoms with E-state index < -0.39 is 0 Å². The van der Waals surface area contributed by atoms with Crippen LogP contribution in [0.1, 0.15) is 57.4 Å². The van der Waals surface area contributed by atoms with Gasteiger partial charge in [0, 0.05) is 23.1 Å². The third-order valence-corrected chi connectivity index (χ3v) is 6.75. The fourth-order valence-electron chi connectivity index (χ4n) is 4.16. The fourth-order valence-corrected chi connectivity index (χ4v) is 5.37. The zero-order valence-electron chi connectivity index (χ0n) is 15.4. The molecule has 1 saturated heterocycles. The predicted molar refractivity (Wildman–Crippen MR) is 104 cm³/mol. The lowest BCUT2D eigenvalue weighted by molar-refractivity contribution is 0.0739. The van der Waals surface area contributed by atoms with Crippen LogP contribution in [0.25, 0.3) is 0 Å². The van der Waals surface area contributed by atoms with Crippen molar-refractivity contribution in [2.45, 2.75) is 44.6 Å².